The molecule has 0 saturated carbocycles. The third-order valence-electron chi connectivity index (χ3n) is 0.788. The predicted molar refractivity (Wildman–Crippen MR) is 44.1 cm³/mol. The SMILES string of the molecule is Cl.Cl.N=C(N)c1cnc[nH]1. The van der Waals surface area contributed by atoms with Crippen LogP contribution < -0.4 is 5.73 Å². The highest BCUT2D eigenvalue weighted by Crippen LogP contribution is 1.85. The van der Waals surface area contributed by atoms with E-state index in [-0.39, 0.29) is 30.6 Å². The van der Waals surface area contributed by atoms with Gasteiger partial charge in [0.2, 0.25) is 0 Å². The summed E-state index contributed by atoms with van der Waals surface area (Å²) in [6.07, 6.45) is 2.99. The first-order valence-electron chi connectivity index (χ1n) is 2.13. The quantitative estimate of drug-likeness (QED) is 0.438. The Morgan fingerprint density at radius 3 is 2.40 bits per heavy atom. The van der Waals surface area contributed by atoms with Gasteiger partial charge in [0.1, 0.15) is 5.84 Å². The first-order valence-corrected chi connectivity index (χ1v) is 2.13. The van der Waals surface area contributed by atoms with Crippen molar-refractivity contribution >= 4 is 30.6 Å². The summed E-state index contributed by atoms with van der Waals surface area (Å²) >= 11 is 0. The summed E-state index contributed by atoms with van der Waals surface area (Å²) < 4.78 is 0. The lowest BCUT2D eigenvalue weighted by Crippen LogP contribution is -2.10. The first-order chi connectivity index (χ1) is 3.80. The fourth-order valence-corrected chi connectivity index (χ4v) is 0.403. The molecule has 0 spiro atoms. The van der Waals surface area contributed by atoms with E-state index in [2.05, 4.69) is 9.97 Å². The van der Waals surface area contributed by atoms with Gasteiger partial charge in [0.25, 0.3) is 0 Å². The summed E-state index contributed by atoms with van der Waals surface area (Å²) in [6.45, 7) is 0. The lowest BCUT2D eigenvalue weighted by molar-refractivity contribution is 1.29. The summed E-state index contributed by atoms with van der Waals surface area (Å²) in [7, 11) is 0. The van der Waals surface area contributed by atoms with E-state index >= 15 is 0 Å². The van der Waals surface area contributed by atoms with Gasteiger partial charge in [-0.1, -0.05) is 0 Å². The average Bonchev–Trinajstić information content (AvgIpc) is 2.12. The van der Waals surface area contributed by atoms with Crippen molar-refractivity contribution < 1.29 is 0 Å². The number of nitrogens with zero attached hydrogens (tertiary/aromatic N) is 1. The van der Waals surface area contributed by atoms with Gasteiger partial charge in [0.15, 0.2) is 0 Å². The van der Waals surface area contributed by atoms with Crippen LogP contribution >= 0.6 is 24.8 Å². The van der Waals surface area contributed by atoms with Crippen molar-refractivity contribution in [2.45, 2.75) is 0 Å². The first kappa shape index (κ1) is 12.0. The van der Waals surface area contributed by atoms with Crippen molar-refractivity contribution in [1.29, 1.82) is 5.41 Å². The molecule has 1 rings (SSSR count). The fraction of sp³-hybridized carbons (Fsp3) is 0. The van der Waals surface area contributed by atoms with Crippen LogP contribution in [0.15, 0.2) is 12.5 Å². The number of amidine groups is 1. The van der Waals surface area contributed by atoms with Crippen LogP contribution in [-0.2, 0) is 0 Å². The van der Waals surface area contributed by atoms with Crippen molar-refractivity contribution in [3.8, 4) is 0 Å². The lowest BCUT2D eigenvalue weighted by Gasteiger charge is -1.85. The third-order valence-corrected chi connectivity index (χ3v) is 0.788. The molecule has 0 atom stereocenters. The van der Waals surface area contributed by atoms with E-state index in [4.69, 9.17) is 11.1 Å². The number of aromatic amines is 1. The van der Waals surface area contributed by atoms with Crippen LogP contribution in [0.5, 0.6) is 0 Å². The number of hydrogen-bond acceptors (Lipinski definition) is 2. The van der Waals surface area contributed by atoms with Gasteiger partial charge < -0.3 is 10.7 Å². The molecule has 1 heterocycles. The zero-order valence-electron chi connectivity index (χ0n) is 5.00. The molecule has 0 saturated heterocycles. The Kier molecular flexibility index (Phi) is 6.09. The molecule has 0 bridgehead atoms. The van der Waals surface area contributed by atoms with Crippen LogP contribution in [0, 0.1) is 5.41 Å². The Morgan fingerprint density at radius 2 is 2.20 bits per heavy atom. The lowest BCUT2D eigenvalue weighted by atomic mass is 10.5. The highest BCUT2D eigenvalue weighted by atomic mass is 35.5. The number of nitrogens with two attached hydrogens (primary N) is 1. The molecule has 1 aromatic heterocycles. The number of nitrogens with one attached hydrogen (secondary N) is 2. The van der Waals surface area contributed by atoms with Gasteiger partial charge in [-0.05, 0) is 0 Å². The van der Waals surface area contributed by atoms with Crippen LogP contribution in [-0.4, -0.2) is 15.8 Å². The molecule has 10 heavy (non-hydrogen) atoms. The molecular formula is C4H8Cl2N4. The van der Waals surface area contributed by atoms with Gasteiger partial charge in [0.05, 0.1) is 18.2 Å². The highest BCUT2D eigenvalue weighted by Gasteiger charge is 1.92. The number of hydrogen-bond donors (Lipinski definition) is 3. The summed E-state index contributed by atoms with van der Waals surface area (Å²) in [5.41, 5.74) is 5.63. The van der Waals surface area contributed by atoms with Gasteiger partial charge in [-0.3, -0.25) is 5.41 Å². The Bertz CT molecular complexity index is 183. The van der Waals surface area contributed by atoms with Crippen LogP contribution in [0.25, 0.3) is 0 Å². The van der Waals surface area contributed by atoms with Crippen LogP contribution in [0.2, 0.25) is 0 Å². The number of aromatic nitrogens is 2. The third kappa shape index (κ3) is 2.70. The molecule has 0 aliphatic rings. The van der Waals surface area contributed by atoms with Crippen molar-refractivity contribution in [1.82, 2.24) is 9.97 Å². The largest absolute Gasteiger partial charge is 0.382 e. The Balaban J connectivity index is 0. The molecule has 0 aromatic carbocycles. The van der Waals surface area contributed by atoms with Crippen molar-refractivity contribution in [2.75, 3.05) is 0 Å². The van der Waals surface area contributed by atoms with E-state index < -0.39 is 0 Å². The standard InChI is InChI=1S/C4H6N4.2ClH/c5-4(6)3-1-7-2-8-3;;/h1-2H,(H3,5,6)(H,7,8);2*1H. The minimum Gasteiger partial charge on any atom is -0.382 e. The molecule has 1 aromatic rings. The average molecular weight is 183 g/mol. The van der Waals surface area contributed by atoms with Crippen LogP contribution in [0.3, 0.4) is 0 Å². The van der Waals surface area contributed by atoms with Gasteiger partial charge >= 0.3 is 0 Å². The van der Waals surface area contributed by atoms with Crippen LogP contribution in [0.4, 0.5) is 0 Å². The Morgan fingerprint density at radius 1 is 1.60 bits per heavy atom. The van der Waals surface area contributed by atoms with E-state index in [1.807, 2.05) is 0 Å². The van der Waals surface area contributed by atoms with Crippen molar-refractivity contribution in [2.24, 2.45) is 5.73 Å². The molecule has 6 heteroatoms. The maximum atomic E-state index is 6.86. The summed E-state index contributed by atoms with van der Waals surface area (Å²) in [4.78, 5) is 6.34. The van der Waals surface area contributed by atoms with E-state index in [0.29, 0.717) is 5.69 Å². The highest BCUT2D eigenvalue weighted by molar-refractivity contribution is 5.92. The molecular weight excluding hydrogens is 175 g/mol. The molecule has 4 N–H and O–H groups in total. The molecule has 0 fully saturated rings. The minimum atomic E-state index is 0. The summed E-state index contributed by atoms with van der Waals surface area (Å²) in [5.74, 6) is 0.0162. The normalized spacial score (nSPS) is 7.20. The van der Waals surface area contributed by atoms with E-state index in [1.54, 1.807) is 0 Å². The second-order valence-corrected chi connectivity index (χ2v) is 1.38. The number of nitrogen functional groups attached to an aromatic ring is 1. The second kappa shape index (κ2) is 5.08. The van der Waals surface area contributed by atoms with Crippen LogP contribution in [0.1, 0.15) is 5.69 Å². The molecule has 0 aliphatic carbocycles. The number of rotatable bonds is 1. The van der Waals surface area contributed by atoms with Crippen molar-refractivity contribution in [3.05, 3.63) is 18.2 Å². The zero-order chi connectivity index (χ0) is 5.98. The van der Waals surface area contributed by atoms with E-state index in [9.17, 15) is 0 Å². The molecule has 0 radical (unpaired) electrons. The molecule has 0 aliphatic heterocycles. The minimum absolute atomic E-state index is 0. The van der Waals surface area contributed by atoms with Gasteiger partial charge in [-0.25, -0.2) is 4.98 Å². The zero-order valence-corrected chi connectivity index (χ0v) is 6.63. The fourth-order valence-electron chi connectivity index (χ4n) is 0.403. The second-order valence-electron chi connectivity index (χ2n) is 1.38. The van der Waals surface area contributed by atoms with Gasteiger partial charge in [-0.15, -0.1) is 24.8 Å². The monoisotopic (exact) mass is 182 g/mol. The predicted octanol–water partition coefficient (Wildman–Crippen LogP) is 0.537. The maximum Gasteiger partial charge on any atom is 0.141 e. The smallest absolute Gasteiger partial charge is 0.141 e. The Hall–Kier alpha value is -0.740. The molecule has 0 unspecified atom stereocenters. The topological polar surface area (TPSA) is 78.6 Å². The van der Waals surface area contributed by atoms with Gasteiger partial charge in [0, 0.05) is 0 Å². The number of halogens is 2. The molecule has 0 amide bonds. The number of imidazole rings is 1. The van der Waals surface area contributed by atoms with Crippen molar-refractivity contribution in [3.63, 3.8) is 0 Å². The van der Waals surface area contributed by atoms with E-state index in [1.165, 1.54) is 12.5 Å². The summed E-state index contributed by atoms with van der Waals surface area (Å²) in [6, 6.07) is 0. The summed E-state index contributed by atoms with van der Waals surface area (Å²) in [5, 5.41) is 6.86. The molecule has 4 nitrogen and oxygen atoms in total. The number of H-pyrrole nitrogens is 1. The van der Waals surface area contributed by atoms with Gasteiger partial charge in [-0.2, -0.15) is 0 Å². The Labute approximate surface area is 70.6 Å². The molecule has 58 valence electrons. The van der Waals surface area contributed by atoms with E-state index in [0.717, 1.165) is 0 Å². The maximum absolute atomic E-state index is 6.86.